The maximum absolute atomic E-state index is 12.2. The molecule has 10 heteroatoms. The smallest absolute Gasteiger partial charge is 0.331 e. The van der Waals surface area contributed by atoms with Crippen LogP contribution in [0.15, 0.2) is 35.2 Å². The Balaban J connectivity index is 1.95. The minimum absolute atomic E-state index is 0.0439. The zero-order valence-electron chi connectivity index (χ0n) is 17.0. The number of amides is 1. The van der Waals surface area contributed by atoms with Crippen molar-refractivity contribution in [3.63, 3.8) is 0 Å². The van der Waals surface area contributed by atoms with Gasteiger partial charge in [0.05, 0.1) is 10.6 Å². The van der Waals surface area contributed by atoms with Gasteiger partial charge in [0.1, 0.15) is 0 Å². The Labute approximate surface area is 170 Å². The number of anilines is 1. The third-order valence-electron chi connectivity index (χ3n) is 4.19. The van der Waals surface area contributed by atoms with Gasteiger partial charge in [0.15, 0.2) is 6.61 Å². The highest BCUT2D eigenvalue weighted by molar-refractivity contribution is 7.89. The summed E-state index contributed by atoms with van der Waals surface area (Å²) >= 11 is 0. The molecule has 0 bridgehead atoms. The summed E-state index contributed by atoms with van der Waals surface area (Å²) in [5, 5.41) is 6.76. The van der Waals surface area contributed by atoms with Crippen molar-refractivity contribution in [3.8, 4) is 0 Å². The van der Waals surface area contributed by atoms with Gasteiger partial charge < -0.3 is 10.1 Å². The fourth-order valence-electron chi connectivity index (χ4n) is 2.51. The summed E-state index contributed by atoms with van der Waals surface area (Å²) in [5.41, 5.74) is 2.77. The van der Waals surface area contributed by atoms with Crippen LogP contribution in [-0.4, -0.2) is 55.1 Å². The summed E-state index contributed by atoms with van der Waals surface area (Å²) in [7, 11) is 1.02. The number of carbonyl (C=O) groups excluding carboxylic acids is 2. The maximum atomic E-state index is 12.2. The van der Waals surface area contributed by atoms with Crippen LogP contribution in [0, 0.1) is 13.8 Å². The number of benzene rings is 1. The Morgan fingerprint density at radius 2 is 1.97 bits per heavy atom. The highest BCUT2D eigenvalue weighted by Crippen LogP contribution is 2.18. The predicted molar refractivity (Wildman–Crippen MR) is 109 cm³/mol. The van der Waals surface area contributed by atoms with Gasteiger partial charge in [-0.1, -0.05) is 6.07 Å². The van der Waals surface area contributed by atoms with Crippen LogP contribution in [0.2, 0.25) is 0 Å². The van der Waals surface area contributed by atoms with E-state index in [-0.39, 0.29) is 10.6 Å². The molecule has 0 spiro atoms. The summed E-state index contributed by atoms with van der Waals surface area (Å²) in [6, 6.07) is 5.82. The molecular weight excluding hydrogens is 396 g/mol. The lowest BCUT2D eigenvalue weighted by atomic mass is 10.2. The van der Waals surface area contributed by atoms with Gasteiger partial charge in [0.2, 0.25) is 10.0 Å². The minimum atomic E-state index is -3.62. The van der Waals surface area contributed by atoms with E-state index in [1.807, 2.05) is 13.8 Å². The van der Waals surface area contributed by atoms with Crippen molar-refractivity contribution in [2.45, 2.75) is 18.7 Å². The van der Waals surface area contributed by atoms with Gasteiger partial charge in [-0.15, -0.1) is 0 Å². The third-order valence-corrected chi connectivity index (χ3v) is 6.00. The molecule has 2 rings (SSSR count). The Hall–Kier alpha value is -2.98. The fourth-order valence-corrected chi connectivity index (χ4v) is 3.46. The number of sulfonamides is 1. The summed E-state index contributed by atoms with van der Waals surface area (Å²) in [6.45, 7) is 3.21. The van der Waals surface area contributed by atoms with Crippen molar-refractivity contribution in [1.29, 1.82) is 0 Å². The molecule has 0 aliphatic rings. The number of aromatic nitrogens is 2. The van der Waals surface area contributed by atoms with E-state index in [0.717, 1.165) is 21.3 Å². The highest BCUT2D eigenvalue weighted by Gasteiger charge is 2.17. The van der Waals surface area contributed by atoms with Gasteiger partial charge in [0.25, 0.3) is 5.91 Å². The molecule has 0 fully saturated rings. The van der Waals surface area contributed by atoms with E-state index in [0.29, 0.717) is 0 Å². The molecule has 29 heavy (non-hydrogen) atoms. The van der Waals surface area contributed by atoms with Crippen LogP contribution < -0.4 is 5.32 Å². The lowest BCUT2D eigenvalue weighted by molar-refractivity contribution is -0.142. The van der Waals surface area contributed by atoms with Crippen molar-refractivity contribution < 1.29 is 22.7 Å². The average molecular weight is 420 g/mol. The standard InChI is InChI=1S/C19H24N4O5S/c1-13-17(14(2)23(5)21-13)9-10-19(25)28-12-18(24)20-15-7-6-8-16(11-15)29(26,27)22(3)4/h6-11H,12H2,1-5H3,(H,20,24)/b10-9+. The molecule has 1 aromatic carbocycles. The molecule has 0 saturated carbocycles. The fraction of sp³-hybridized carbons (Fsp3) is 0.316. The van der Waals surface area contributed by atoms with Crippen LogP contribution in [-0.2, 0) is 31.4 Å². The molecule has 0 aliphatic heterocycles. The van der Waals surface area contributed by atoms with Crippen molar-refractivity contribution in [3.05, 3.63) is 47.3 Å². The van der Waals surface area contributed by atoms with Crippen LogP contribution in [0.5, 0.6) is 0 Å². The number of carbonyl (C=O) groups is 2. The quantitative estimate of drug-likeness (QED) is 0.537. The number of esters is 1. The Kier molecular flexibility index (Phi) is 6.93. The van der Waals surface area contributed by atoms with Crippen LogP contribution in [0.1, 0.15) is 17.0 Å². The van der Waals surface area contributed by atoms with E-state index < -0.39 is 28.5 Å². The second-order valence-electron chi connectivity index (χ2n) is 6.51. The Bertz CT molecular complexity index is 1050. The largest absolute Gasteiger partial charge is 0.452 e. The Morgan fingerprint density at radius 1 is 1.28 bits per heavy atom. The number of ether oxygens (including phenoxy) is 1. The molecule has 1 aromatic heterocycles. The Morgan fingerprint density at radius 3 is 2.55 bits per heavy atom. The molecule has 156 valence electrons. The molecule has 0 atom stereocenters. The summed E-state index contributed by atoms with van der Waals surface area (Å²) in [5.74, 6) is -1.26. The number of nitrogens with one attached hydrogen (secondary N) is 1. The van der Waals surface area contributed by atoms with Crippen molar-refractivity contribution in [2.75, 3.05) is 26.0 Å². The maximum Gasteiger partial charge on any atom is 0.331 e. The summed E-state index contributed by atoms with van der Waals surface area (Å²) in [4.78, 5) is 23.9. The molecule has 0 aliphatic carbocycles. The van der Waals surface area contributed by atoms with E-state index in [4.69, 9.17) is 4.74 Å². The van der Waals surface area contributed by atoms with Gasteiger partial charge in [-0.25, -0.2) is 17.5 Å². The van der Waals surface area contributed by atoms with Gasteiger partial charge >= 0.3 is 5.97 Å². The van der Waals surface area contributed by atoms with Gasteiger partial charge in [-0.2, -0.15) is 5.10 Å². The van der Waals surface area contributed by atoms with Gasteiger partial charge in [0, 0.05) is 44.2 Å². The monoisotopic (exact) mass is 420 g/mol. The molecule has 1 N–H and O–H groups in total. The molecule has 9 nitrogen and oxygen atoms in total. The normalized spacial score (nSPS) is 11.8. The first-order valence-electron chi connectivity index (χ1n) is 8.70. The molecule has 1 amide bonds. The lowest BCUT2D eigenvalue weighted by Crippen LogP contribution is -2.23. The molecule has 2 aromatic rings. The predicted octanol–water partition coefficient (Wildman–Crippen LogP) is 1.48. The van der Waals surface area contributed by atoms with Crippen LogP contribution in [0.4, 0.5) is 5.69 Å². The van der Waals surface area contributed by atoms with Gasteiger partial charge in [-0.3, -0.25) is 9.48 Å². The number of hydrogen-bond acceptors (Lipinski definition) is 6. The van der Waals surface area contributed by atoms with Crippen LogP contribution in [0.25, 0.3) is 6.08 Å². The van der Waals surface area contributed by atoms with Gasteiger partial charge in [-0.05, 0) is 38.1 Å². The van der Waals surface area contributed by atoms with Crippen LogP contribution >= 0.6 is 0 Å². The number of hydrogen-bond donors (Lipinski definition) is 1. The summed E-state index contributed by atoms with van der Waals surface area (Å²) in [6.07, 6.45) is 2.82. The molecule has 0 saturated heterocycles. The molecular formula is C19H24N4O5S. The molecule has 1 heterocycles. The average Bonchev–Trinajstić information content (AvgIpc) is 2.90. The lowest BCUT2D eigenvalue weighted by Gasteiger charge is -2.12. The number of rotatable bonds is 7. The first kappa shape index (κ1) is 22.3. The van der Waals surface area contributed by atoms with Crippen molar-refractivity contribution >= 4 is 33.7 Å². The minimum Gasteiger partial charge on any atom is -0.452 e. The van der Waals surface area contributed by atoms with E-state index in [1.54, 1.807) is 23.9 Å². The summed E-state index contributed by atoms with van der Waals surface area (Å²) < 4.78 is 32.0. The third kappa shape index (κ3) is 5.52. The second kappa shape index (κ2) is 9.01. The first-order valence-corrected chi connectivity index (χ1v) is 10.1. The van der Waals surface area contributed by atoms with Crippen molar-refractivity contribution in [1.82, 2.24) is 14.1 Å². The van der Waals surface area contributed by atoms with E-state index in [9.17, 15) is 18.0 Å². The van der Waals surface area contributed by atoms with E-state index >= 15 is 0 Å². The number of aryl methyl sites for hydroxylation is 2. The molecule has 0 radical (unpaired) electrons. The SMILES string of the molecule is Cc1nn(C)c(C)c1/C=C/C(=O)OCC(=O)Nc1cccc(S(=O)(=O)N(C)C)c1. The zero-order valence-corrected chi connectivity index (χ0v) is 17.8. The number of nitrogens with zero attached hydrogens (tertiary/aromatic N) is 3. The van der Waals surface area contributed by atoms with E-state index in [2.05, 4.69) is 10.4 Å². The van der Waals surface area contributed by atoms with Crippen LogP contribution in [0.3, 0.4) is 0 Å². The first-order chi connectivity index (χ1) is 13.5. The highest BCUT2D eigenvalue weighted by atomic mass is 32.2. The van der Waals surface area contributed by atoms with Crippen molar-refractivity contribution in [2.24, 2.45) is 7.05 Å². The van der Waals surface area contributed by atoms with E-state index in [1.165, 1.54) is 38.4 Å². The zero-order chi connectivity index (χ0) is 21.8. The topological polar surface area (TPSA) is 111 Å². The second-order valence-corrected chi connectivity index (χ2v) is 8.66. The molecule has 0 unspecified atom stereocenters.